The first kappa shape index (κ1) is 26.2. The Bertz CT molecular complexity index is 984. The lowest BCUT2D eigenvalue weighted by Gasteiger charge is -2.29. The van der Waals surface area contributed by atoms with E-state index in [-0.39, 0.29) is 24.6 Å². The zero-order chi connectivity index (χ0) is 23.0. The largest absolute Gasteiger partial charge is 0.491 e. The number of aromatic nitrogens is 2. The van der Waals surface area contributed by atoms with Gasteiger partial charge < -0.3 is 20.1 Å². The predicted molar refractivity (Wildman–Crippen MR) is 140 cm³/mol. The van der Waals surface area contributed by atoms with Gasteiger partial charge in [0.05, 0.1) is 23.6 Å². The van der Waals surface area contributed by atoms with Gasteiger partial charge in [-0.1, -0.05) is 18.2 Å². The molecule has 7 heteroatoms. The first-order valence-electron chi connectivity index (χ1n) is 12.1. The fourth-order valence-electron chi connectivity index (χ4n) is 4.25. The third-order valence-corrected chi connectivity index (χ3v) is 6.01. The molecule has 0 radical (unpaired) electrons. The van der Waals surface area contributed by atoms with Gasteiger partial charge in [0.2, 0.25) is 0 Å². The lowest BCUT2D eigenvalue weighted by atomic mass is 10.1. The lowest BCUT2D eigenvalue weighted by molar-refractivity contribution is 0.0821. The molecular weight excluding hydrogens is 448 g/mol. The van der Waals surface area contributed by atoms with Crippen molar-refractivity contribution in [2.24, 2.45) is 0 Å². The third-order valence-electron chi connectivity index (χ3n) is 6.01. The van der Waals surface area contributed by atoms with Crippen molar-refractivity contribution in [3.8, 4) is 22.7 Å². The van der Waals surface area contributed by atoms with Gasteiger partial charge in [0.25, 0.3) is 0 Å². The molecule has 0 unspecified atom stereocenters. The summed E-state index contributed by atoms with van der Waals surface area (Å²) in [6, 6.07) is 18.4. The molecule has 2 heterocycles. The molecule has 6 nitrogen and oxygen atoms in total. The Kier molecular flexibility index (Phi) is 9.96. The molecule has 4 rings (SSSR count). The van der Waals surface area contributed by atoms with Crippen LogP contribution in [0.3, 0.4) is 0 Å². The highest BCUT2D eigenvalue weighted by atomic mass is 35.5. The molecular formula is C27H37ClN4O2. The normalized spacial score (nSPS) is 14.8. The SMILES string of the molecule is CC(C)Oc1ccc(-c2nn(-c3ccccc3)cc2CNCCCN2CCC(O)CC2)cc1.Cl. The number of likely N-dealkylation sites (tertiary alicyclic amines) is 1. The van der Waals surface area contributed by atoms with Gasteiger partial charge in [-0.05, 0) is 82.6 Å². The molecule has 1 fully saturated rings. The van der Waals surface area contributed by atoms with Crippen LogP contribution in [0.4, 0.5) is 0 Å². The van der Waals surface area contributed by atoms with E-state index in [1.807, 2.05) is 48.9 Å². The standard InChI is InChI=1S/C27H36N4O2.ClH/c1-21(2)33-26-11-9-22(10-12-26)27-23(20-31(29-27)24-7-4-3-5-8-24)19-28-15-6-16-30-17-13-25(32)14-18-30;/h3-5,7-12,20-21,25,28,32H,6,13-19H2,1-2H3;1H. The Morgan fingerprint density at radius 2 is 1.76 bits per heavy atom. The maximum Gasteiger partial charge on any atom is 0.119 e. The second kappa shape index (κ2) is 12.9. The number of hydrogen-bond donors (Lipinski definition) is 2. The minimum atomic E-state index is -0.107. The number of benzene rings is 2. The highest BCUT2D eigenvalue weighted by molar-refractivity contribution is 5.85. The topological polar surface area (TPSA) is 62.5 Å². The molecule has 2 N–H and O–H groups in total. The first-order chi connectivity index (χ1) is 16.1. The Morgan fingerprint density at radius 3 is 2.44 bits per heavy atom. The summed E-state index contributed by atoms with van der Waals surface area (Å²) in [6.45, 7) is 8.88. The summed E-state index contributed by atoms with van der Waals surface area (Å²) < 4.78 is 7.76. The van der Waals surface area contributed by atoms with Crippen LogP contribution in [0.25, 0.3) is 16.9 Å². The number of rotatable bonds is 10. The number of ether oxygens (including phenoxy) is 1. The number of nitrogens with one attached hydrogen (secondary N) is 1. The summed E-state index contributed by atoms with van der Waals surface area (Å²) in [6.07, 6.45) is 5.07. The van der Waals surface area contributed by atoms with E-state index in [1.165, 1.54) is 5.56 Å². The molecule has 0 amide bonds. The van der Waals surface area contributed by atoms with E-state index in [2.05, 4.69) is 40.7 Å². The smallest absolute Gasteiger partial charge is 0.119 e. The molecule has 0 spiro atoms. The van der Waals surface area contributed by atoms with Crippen LogP contribution in [-0.2, 0) is 6.54 Å². The second-order valence-corrected chi connectivity index (χ2v) is 9.08. The van der Waals surface area contributed by atoms with Crippen molar-refractivity contribution in [3.63, 3.8) is 0 Å². The van der Waals surface area contributed by atoms with Crippen molar-refractivity contribution in [3.05, 3.63) is 66.4 Å². The van der Waals surface area contributed by atoms with Crippen molar-refractivity contribution < 1.29 is 9.84 Å². The minimum Gasteiger partial charge on any atom is -0.491 e. The van der Waals surface area contributed by atoms with Crippen LogP contribution in [-0.4, -0.2) is 58.2 Å². The summed E-state index contributed by atoms with van der Waals surface area (Å²) in [7, 11) is 0. The number of halogens is 1. The Labute approximate surface area is 209 Å². The van der Waals surface area contributed by atoms with Gasteiger partial charge in [-0.25, -0.2) is 4.68 Å². The van der Waals surface area contributed by atoms with Crippen molar-refractivity contribution in [1.29, 1.82) is 0 Å². The van der Waals surface area contributed by atoms with Crippen molar-refractivity contribution in [1.82, 2.24) is 20.0 Å². The van der Waals surface area contributed by atoms with E-state index in [9.17, 15) is 5.11 Å². The molecule has 3 aromatic rings. The van der Waals surface area contributed by atoms with E-state index >= 15 is 0 Å². The molecule has 0 saturated carbocycles. The number of piperidine rings is 1. The summed E-state index contributed by atoms with van der Waals surface area (Å²) in [5, 5.41) is 18.2. The zero-order valence-electron chi connectivity index (χ0n) is 20.2. The second-order valence-electron chi connectivity index (χ2n) is 9.08. The Hall–Kier alpha value is -2.38. The fourth-order valence-corrected chi connectivity index (χ4v) is 4.25. The summed E-state index contributed by atoms with van der Waals surface area (Å²) in [5.74, 6) is 0.876. The van der Waals surface area contributed by atoms with Gasteiger partial charge in [0.15, 0.2) is 0 Å². The van der Waals surface area contributed by atoms with E-state index < -0.39 is 0 Å². The third kappa shape index (κ3) is 7.31. The Morgan fingerprint density at radius 1 is 1.06 bits per heavy atom. The predicted octanol–water partition coefficient (Wildman–Crippen LogP) is 4.68. The first-order valence-corrected chi connectivity index (χ1v) is 12.1. The average Bonchev–Trinajstić information content (AvgIpc) is 3.25. The fraction of sp³-hybridized carbons (Fsp3) is 0.444. The summed E-state index contributed by atoms with van der Waals surface area (Å²) >= 11 is 0. The van der Waals surface area contributed by atoms with Gasteiger partial charge >= 0.3 is 0 Å². The highest BCUT2D eigenvalue weighted by Gasteiger charge is 2.16. The lowest BCUT2D eigenvalue weighted by Crippen LogP contribution is -2.37. The molecule has 1 aliphatic heterocycles. The number of hydrogen-bond acceptors (Lipinski definition) is 5. The van der Waals surface area contributed by atoms with Gasteiger partial charge in [-0.3, -0.25) is 0 Å². The number of nitrogens with zero attached hydrogens (tertiary/aromatic N) is 3. The quantitative estimate of drug-likeness (QED) is 0.409. The minimum absolute atomic E-state index is 0. The average molecular weight is 485 g/mol. The maximum absolute atomic E-state index is 9.67. The molecule has 1 aromatic heterocycles. The van der Waals surface area contributed by atoms with E-state index in [0.29, 0.717) is 0 Å². The maximum atomic E-state index is 9.67. The molecule has 0 aliphatic carbocycles. The van der Waals surface area contributed by atoms with Crippen LogP contribution >= 0.6 is 12.4 Å². The number of aliphatic hydroxyl groups is 1. The van der Waals surface area contributed by atoms with Crippen LogP contribution < -0.4 is 10.1 Å². The van der Waals surface area contributed by atoms with Gasteiger partial charge in [-0.15, -0.1) is 12.4 Å². The molecule has 0 bridgehead atoms. The summed E-state index contributed by atoms with van der Waals surface area (Å²) in [4.78, 5) is 2.45. The van der Waals surface area contributed by atoms with Gasteiger partial charge in [-0.2, -0.15) is 5.10 Å². The van der Waals surface area contributed by atoms with Crippen molar-refractivity contribution in [2.75, 3.05) is 26.2 Å². The number of para-hydroxylation sites is 1. The highest BCUT2D eigenvalue weighted by Crippen LogP contribution is 2.26. The zero-order valence-corrected chi connectivity index (χ0v) is 21.0. The van der Waals surface area contributed by atoms with Crippen LogP contribution in [0.15, 0.2) is 60.8 Å². The van der Waals surface area contributed by atoms with Crippen LogP contribution in [0.5, 0.6) is 5.75 Å². The number of aliphatic hydroxyl groups excluding tert-OH is 1. The molecule has 184 valence electrons. The Balaban J connectivity index is 0.00000324. The van der Waals surface area contributed by atoms with E-state index in [4.69, 9.17) is 9.84 Å². The van der Waals surface area contributed by atoms with Crippen LogP contribution in [0.2, 0.25) is 0 Å². The van der Waals surface area contributed by atoms with Gasteiger partial charge in [0.1, 0.15) is 5.75 Å². The van der Waals surface area contributed by atoms with Gasteiger partial charge in [0, 0.05) is 37.0 Å². The molecule has 2 aromatic carbocycles. The monoisotopic (exact) mass is 484 g/mol. The van der Waals surface area contributed by atoms with Crippen LogP contribution in [0.1, 0.15) is 38.7 Å². The van der Waals surface area contributed by atoms with Crippen LogP contribution in [0, 0.1) is 0 Å². The summed E-state index contributed by atoms with van der Waals surface area (Å²) in [5.41, 5.74) is 4.31. The van der Waals surface area contributed by atoms with Crippen molar-refractivity contribution >= 4 is 12.4 Å². The van der Waals surface area contributed by atoms with E-state index in [1.54, 1.807) is 0 Å². The molecule has 1 aliphatic rings. The molecule has 1 saturated heterocycles. The molecule has 34 heavy (non-hydrogen) atoms. The molecule has 0 atom stereocenters. The van der Waals surface area contributed by atoms with Crippen molar-refractivity contribution in [2.45, 2.75) is 51.9 Å². The van der Waals surface area contributed by atoms with E-state index in [0.717, 1.165) is 74.7 Å².